The number of fused-ring (bicyclic) bond motifs is 1. The number of ether oxygens (including phenoxy) is 3. The van der Waals surface area contributed by atoms with E-state index in [0.717, 1.165) is 25.7 Å². The number of rotatable bonds is 7. The van der Waals surface area contributed by atoms with E-state index in [2.05, 4.69) is 10.1 Å². The highest BCUT2D eigenvalue weighted by atomic mass is 16.6. The minimum absolute atomic E-state index is 0.138. The maximum absolute atomic E-state index is 12.8. The van der Waals surface area contributed by atoms with E-state index in [0.29, 0.717) is 23.5 Å². The van der Waals surface area contributed by atoms with Crippen molar-refractivity contribution in [1.29, 1.82) is 0 Å². The van der Waals surface area contributed by atoms with Crippen molar-refractivity contribution in [3.05, 3.63) is 24.2 Å². The monoisotopic (exact) mass is 460 g/mol. The van der Waals surface area contributed by atoms with Crippen molar-refractivity contribution in [2.75, 3.05) is 12.3 Å². The van der Waals surface area contributed by atoms with E-state index in [4.69, 9.17) is 19.9 Å². The molecule has 3 heterocycles. The Morgan fingerprint density at radius 2 is 2.03 bits per heavy atom. The Morgan fingerprint density at radius 1 is 1.27 bits per heavy atom. The van der Waals surface area contributed by atoms with Gasteiger partial charge in [0, 0.05) is 12.8 Å². The summed E-state index contributed by atoms with van der Waals surface area (Å²) in [4.78, 5) is 28.5. The van der Waals surface area contributed by atoms with Crippen LogP contribution >= 0.6 is 0 Å². The molecule has 0 unspecified atom stereocenters. The molecular weight excluding hydrogens is 428 g/mol. The van der Waals surface area contributed by atoms with E-state index in [-0.39, 0.29) is 24.8 Å². The molecule has 2 aliphatic rings. The Kier molecular flexibility index (Phi) is 6.85. The number of hydrogen-bond acceptors (Lipinski definition) is 9. The molecule has 10 nitrogen and oxygen atoms in total. The summed E-state index contributed by atoms with van der Waals surface area (Å²) < 4.78 is 18.8. The minimum atomic E-state index is -1.29. The lowest BCUT2D eigenvalue weighted by Crippen LogP contribution is -2.42. The van der Waals surface area contributed by atoms with Gasteiger partial charge in [0.15, 0.2) is 11.9 Å². The van der Waals surface area contributed by atoms with Gasteiger partial charge in [0.2, 0.25) is 0 Å². The average Bonchev–Trinajstić information content (AvgIpc) is 3.35. The van der Waals surface area contributed by atoms with E-state index in [1.54, 1.807) is 30.5 Å². The predicted molar refractivity (Wildman–Crippen MR) is 118 cm³/mol. The zero-order chi connectivity index (χ0) is 23.6. The van der Waals surface area contributed by atoms with Crippen molar-refractivity contribution in [1.82, 2.24) is 14.6 Å². The number of hydrogen-bond donors (Lipinski definition) is 2. The highest BCUT2D eigenvalue weighted by molar-refractivity contribution is 5.70. The molecule has 0 amide bonds. The van der Waals surface area contributed by atoms with Crippen LogP contribution in [0.3, 0.4) is 0 Å². The molecule has 180 valence electrons. The number of carbonyl (C=O) groups is 2. The van der Waals surface area contributed by atoms with Gasteiger partial charge in [0.1, 0.15) is 36.3 Å². The molecule has 4 atom stereocenters. The van der Waals surface area contributed by atoms with Gasteiger partial charge in [-0.15, -0.1) is 0 Å². The molecule has 0 bridgehead atoms. The lowest BCUT2D eigenvalue weighted by atomic mass is 9.87. The maximum Gasteiger partial charge on any atom is 0.306 e. The van der Waals surface area contributed by atoms with E-state index in [1.807, 2.05) is 0 Å². The molecule has 0 spiro atoms. The summed E-state index contributed by atoms with van der Waals surface area (Å²) in [5, 5.41) is 15.6. The molecule has 1 aliphatic carbocycles. The van der Waals surface area contributed by atoms with E-state index in [9.17, 15) is 14.7 Å². The predicted octanol–water partition coefficient (Wildman–Crippen LogP) is 2.12. The number of aromatic nitrogens is 3. The quantitative estimate of drug-likeness (QED) is 0.595. The van der Waals surface area contributed by atoms with Gasteiger partial charge in [0.05, 0.1) is 5.69 Å². The first-order chi connectivity index (χ1) is 15.8. The Morgan fingerprint density at radius 3 is 2.76 bits per heavy atom. The molecule has 10 heteroatoms. The standard InChI is InChI=1S/C23H32N4O6/c1-3-18(28)31-12-16-20(32-19(29)11-14-7-5-4-6-8-14)21(30)23(2,33-16)17-10-9-15-22(24)25-13-26-27(15)17/h9-10,13-14,16,20-21,30H,3-8,11-12H2,1-2H3,(H2,24,25,26)/t16-,20-,21-,23+/m1/s1. The van der Waals surface area contributed by atoms with Crippen LogP contribution in [0.25, 0.3) is 5.52 Å². The Balaban J connectivity index is 1.58. The average molecular weight is 461 g/mol. The number of esters is 2. The summed E-state index contributed by atoms with van der Waals surface area (Å²) in [7, 11) is 0. The summed E-state index contributed by atoms with van der Waals surface area (Å²) in [6.07, 6.45) is 4.23. The molecule has 3 N–H and O–H groups in total. The number of nitrogens with two attached hydrogens (primary N) is 1. The van der Waals surface area contributed by atoms with Crippen molar-refractivity contribution in [3.8, 4) is 0 Å². The van der Waals surface area contributed by atoms with Crippen molar-refractivity contribution in [2.24, 2.45) is 5.92 Å². The van der Waals surface area contributed by atoms with Crippen LogP contribution in [0.15, 0.2) is 18.5 Å². The highest BCUT2D eigenvalue weighted by Crippen LogP contribution is 2.42. The topological polar surface area (TPSA) is 138 Å². The van der Waals surface area contributed by atoms with Crippen LogP contribution in [-0.2, 0) is 29.4 Å². The molecule has 33 heavy (non-hydrogen) atoms. The maximum atomic E-state index is 12.8. The van der Waals surface area contributed by atoms with Gasteiger partial charge in [-0.25, -0.2) is 9.50 Å². The molecule has 1 saturated carbocycles. The summed E-state index contributed by atoms with van der Waals surface area (Å²) in [6.45, 7) is 3.25. The number of carbonyl (C=O) groups excluding carboxylic acids is 2. The number of aliphatic hydroxyl groups is 1. The summed E-state index contributed by atoms with van der Waals surface area (Å²) in [5.74, 6) is -0.196. The van der Waals surface area contributed by atoms with Crippen LogP contribution in [0.4, 0.5) is 5.82 Å². The van der Waals surface area contributed by atoms with Crippen LogP contribution in [0.5, 0.6) is 0 Å². The van der Waals surface area contributed by atoms with Gasteiger partial charge in [-0.3, -0.25) is 9.59 Å². The number of nitrogen functional groups attached to an aromatic ring is 1. The van der Waals surface area contributed by atoms with Gasteiger partial charge in [-0.05, 0) is 37.8 Å². The van der Waals surface area contributed by atoms with Crippen molar-refractivity contribution >= 4 is 23.3 Å². The second-order valence-electron chi connectivity index (χ2n) is 9.07. The lowest BCUT2D eigenvalue weighted by molar-refractivity contribution is -0.161. The first-order valence-electron chi connectivity index (χ1n) is 11.6. The highest BCUT2D eigenvalue weighted by Gasteiger charge is 2.56. The molecule has 1 saturated heterocycles. The zero-order valence-corrected chi connectivity index (χ0v) is 19.1. The zero-order valence-electron chi connectivity index (χ0n) is 19.1. The van der Waals surface area contributed by atoms with Gasteiger partial charge in [-0.1, -0.05) is 26.2 Å². The second-order valence-corrected chi connectivity index (χ2v) is 9.07. The Bertz CT molecular complexity index is 1000. The summed E-state index contributed by atoms with van der Waals surface area (Å²) in [6, 6.07) is 3.48. The van der Waals surface area contributed by atoms with Crippen LogP contribution in [-0.4, -0.2) is 56.6 Å². The van der Waals surface area contributed by atoms with Crippen molar-refractivity contribution < 1.29 is 28.9 Å². The number of aliphatic hydroxyl groups excluding tert-OH is 1. The fraction of sp³-hybridized carbons (Fsp3) is 0.652. The summed E-state index contributed by atoms with van der Waals surface area (Å²) >= 11 is 0. The third kappa shape index (κ3) is 4.67. The minimum Gasteiger partial charge on any atom is -0.463 e. The van der Waals surface area contributed by atoms with Gasteiger partial charge < -0.3 is 25.1 Å². The molecule has 4 rings (SSSR count). The normalized spacial score (nSPS) is 28.2. The molecule has 1 aliphatic heterocycles. The van der Waals surface area contributed by atoms with E-state index >= 15 is 0 Å². The van der Waals surface area contributed by atoms with Crippen LogP contribution in [0, 0.1) is 5.92 Å². The lowest BCUT2D eigenvalue weighted by Gasteiger charge is -2.28. The fourth-order valence-electron chi connectivity index (χ4n) is 4.88. The third-order valence-electron chi connectivity index (χ3n) is 6.77. The second kappa shape index (κ2) is 9.64. The molecule has 0 aromatic carbocycles. The fourth-order valence-corrected chi connectivity index (χ4v) is 4.88. The number of nitrogens with zero attached hydrogens (tertiary/aromatic N) is 3. The first-order valence-corrected chi connectivity index (χ1v) is 11.6. The first kappa shape index (κ1) is 23.4. The molecule has 2 aromatic rings. The molecule has 2 fully saturated rings. The SMILES string of the molecule is CCC(=O)OC[C@H]1O[C@@](C)(c2ccc3c(N)ncnn23)[C@H](O)[C@@H]1OC(=O)CC1CCCCC1. The Labute approximate surface area is 192 Å². The van der Waals surface area contributed by atoms with Crippen LogP contribution in [0.2, 0.25) is 0 Å². The third-order valence-corrected chi connectivity index (χ3v) is 6.77. The molecule has 2 aromatic heterocycles. The van der Waals surface area contributed by atoms with Gasteiger partial charge in [0.25, 0.3) is 0 Å². The van der Waals surface area contributed by atoms with Crippen molar-refractivity contribution in [3.63, 3.8) is 0 Å². The van der Waals surface area contributed by atoms with Crippen LogP contribution in [0.1, 0.15) is 64.5 Å². The van der Waals surface area contributed by atoms with E-state index < -0.39 is 29.9 Å². The number of anilines is 1. The van der Waals surface area contributed by atoms with Crippen LogP contribution < -0.4 is 5.73 Å². The van der Waals surface area contributed by atoms with E-state index in [1.165, 1.54) is 12.7 Å². The summed E-state index contributed by atoms with van der Waals surface area (Å²) in [5.41, 5.74) is 5.75. The molecule has 0 radical (unpaired) electrons. The smallest absolute Gasteiger partial charge is 0.306 e. The molecular formula is C23H32N4O6. The Hall–Kier alpha value is -2.72. The largest absolute Gasteiger partial charge is 0.463 e. The van der Waals surface area contributed by atoms with Gasteiger partial charge >= 0.3 is 11.9 Å². The van der Waals surface area contributed by atoms with Gasteiger partial charge in [-0.2, -0.15) is 5.10 Å². The van der Waals surface area contributed by atoms with Crippen molar-refractivity contribution in [2.45, 2.75) is 82.7 Å².